The third-order valence-corrected chi connectivity index (χ3v) is 4.53. The second-order valence-corrected chi connectivity index (χ2v) is 6.65. The van der Waals surface area contributed by atoms with Crippen LogP contribution in [0.5, 0.6) is 0 Å². The monoisotopic (exact) mass is 372 g/mol. The number of piperazine rings is 1. The van der Waals surface area contributed by atoms with E-state index in [-0.39, 0.29) is 23.0 Å². The molecular weight excluding hydrogens is 354 g/mol. The fraction of sp³-hybridized carbons (Fsp3) is 0.571. The molecule has 1 N–H and O–H groups in total. The zero-order chi connectivity index (χ0) is 17.7. The molecule has 1 aromatic rings. The first-order valence-corrected chi connectivity index (χ1v) is 8.93. The molecule has 1 saturated heterocycles. The molecule has 0 spiro atoms. The first kappa shape index (κ1) is 18.6. The smallest absolute Gasteiger partial charge is 0.317 e. The average molecular weight is 373 g/mol. The number of amides is 2. The molecule has 1 aliphatic heterocycles. The maximum absolute atomic E-state index is 12.0. The molecule has 8 nitrogen and oxygen atoms in total. The van der Waals surface area contributed by atoms with Crippen LogP contribution in [0, 0.1) is 0 Å². The summed E-state index contributed by atoms with van der Waals surface area (Å²) in [6, 6.07) is 1.58. The van der Waals surface area contributed by atoms with Gasteiger partial charge in [-0.2, -0.15) is 0 Å². The van der Waals surface area contributed by atoms with E-state index in [0.29, 0.717) is 37.2 Å². The van der Waals surface area contributed by atoms with E-state index in [1.807, 2.05) is 18.7 Å². The maximum Gasteiger partial charge on any atom is 0.317 e. The van der Waals surface area contributed by atoms with Gasteiger partial charge in [0.2, 0.25) is 0 Å². The second-order valence-electron chi connectivity index (χ2n) is 5.32. The van der Waals surface area contributed by atoms with Gasteiger partial charge < -0.3 is 25.0 Å². The number of carboxylic acids is 1. The van der Waals surface area contributed by atoms with E-state index in [9.17, 15) is 14.7 Å². The van der Waals surface area contributed by atoms with Crippen LogP contribution in [0.1, 0.15) is 13.8 Å². The van der Waals surface area contributed by atoms with Gasteiger partial charge in [0.05, 0.1) is 5.97 Å². The van der Waals surface area contributed by atoms with Gasteiger partial charge in [-0.1, -0.05) is 23.4 Å². The van der Waals surface area contributed by atoms with Gasteiger partial charge in [-0.3, -0.25) is 0 Å². The van der Waals surface area contributed by atoms with Crippen LogP contribution < -0.4 is 15.3 Å². The molecule has 0 bridgehead atoms. The number of thioether (sulfide) groups is 1. The summed E-state index contributed by atoms with van der Waals surface area (Å²) in [5.74, 6) is -0.797. The molecule has 0 aromatic carbocycles. The van der Waals surface area contributed by atoms with Gasteiger partial charge in [0, 0.05) is 44.0 Å². The van der Waals surface area contributed by atoms with E-state index >= 15 is 0 Å². The van der Waals surface area contributed by atoms with Crippen molar-refractivity contribution in [1.29, 1.82) is 0 Å². The van der Waals surface area contributed by atoms with Gasteiger partial charge in [0.25, 0.3) is 0 Å². The Morgan fingerprint density at radius 3 is 2.83 bits per heavy atom. The standard InChI is InChI=1S/C14H20ClN5O3S/c1-3-16-14(23)20-5-4-19(7-9(20)2)11-6-10(15)17-13(18-11)24-8-12(21)22/h6,9H,3-5,7-8H2,1-2H3,(H,16,23)(H,21,22)/p-1/t9-/m0/s1. The Morgan fingerprint density at radius 2 is 2.21 bits per heavy atom. The molecule has 0 saturated carbocycles. The summed E-state index contributed by atoms with van der Waals surface area (Å²) in [6.07, 6.45) is 0. The molecule has 0 aliphatic carbocycles. The zero-order valence-electron chi connectivity index (χ0n) is 13.5. The van der Waals surface area contributed by atoms with Crippen molar-refractivity contribution in [3.63, 3.8) is 0 Å². The van der Waals surface area contributed by atoms with Crippen LogP contribution in [-0.4, -0.2) is 64.8 Å². The number of hydrogen-bond donors (Lipinski definition) is 1. The lowest BCUT2D eigenvalue weighted by Gasteiger charge is -2.40. The number of carboxylic acid groups (broad SMARTS) is 1. The van der Waals surface area contributed by atoms with Crippen molar-refractivity contribution in [2.24, 2.45) is 0 Å². The second kappa shape index (κ2) is 8.39. The molecule has 24 heavy (non-hydrogen) atoms. The number of carbonyl (C=O) groups excluding carboxylic acids is 2. The van der Waals surface area contributed by atoms with Crippen molar-refractivity contribution in [2.75, 3.05) is 36.8 Å². The number of carbonyl (C=O) groups is 2. The van der Waals surface area contributed by atoms with Gasteiger partial charge >= 0.3 is 6.03 Å². The van der Waals surface area contributed by atoms with Crippen molar-refractivity contribution >= 4 is 41.2 Å². The van der Waals surface area contributed by atoms with E-state index < -0.39 is 5.97 Å². The summed E-state index contributed by atoms with van der Waals surface area (Å²) in [5.41, 5.74) is 0. The lowest BCUT2D eigenvalue weighted by atomic mass is 10.2. The Hall–Kier alpha value is -1.74. The molecule has 1 atom stereocenters. The minimum atomic E-state index is -1.19. The molecule has 2 amide bonds. The molecule has 2 heterocycles. The molecule has 1 fully saturated rings. The first-order chi connectivity index (χ1) is 11.4. The first-order valence-electron chi connectivity index (χ1n) is 7.57. The number of anilines is 1. The number of halogens is 1. The summed E-state index contributed by atoms with van der Waals surface area (Å²) < 4.78 is 0. The van der Waals surface area contributed by atoms with Crippen molar-refractivity contribution in [3.8, 4) is 0 Å². The summed E-state index contributed by atoms with van der Waals surface area (Å²) in [6.45, 7) is 6.22. The number of rotatable bonds is 5. The molecule has 0 unspecified atom stereocenters. The van der Waals surface area contributed by atoms with Crippen LogP contribution in [0.15, 0.2) is 11.2 Å². The highest BCUT2D eigenvalue weighted by atomic mass is 35.5. The Kier molecular flexibility index (Phi) is 6.50. The molecule has 2 rings (SSSR count). The van der Waals surface area contributed by atoms with Gasteiger partial charge in [0.1, 0.15) is 11.0 Å². The molecule has 132 valence electrons. The topological polar surface area (TPSA) is 101 Å². The van der Waals surface area contributed by atoms with Crippen molar-refractivity contribution in [3.05, 3.63) is 11.2 Å². The summed E-state index contributed by atoms with van der Waals surface area (Å²) in [7, 11) is 0. The van der Waals surface area contributed by atoms with E-state index in [0.717, 1.165) is 11.8 Å². The van der Waals surface area contributed by atoms with E-state index in [2.05, 4.69) is 15.3 Å². The van der Waals surface area contributed by atoms with Crippen LogP contribution in [0.3, 0.4) is 0 Å². The van der Waals surface area contributed by atoms with Crippen molar-refractivity contribution in [1.82, 2.24) is 20.2 Å². The summed E-state index contributed by atoms with van der Waals surface area (Å²) in [4.78, 5) is 34.7. The Labute approximate surface area is 149 Å². The largest absolute Gasteiger partial charge is 0.549 e. The Balaban J connectivity index is 2.07. The number of nitrogens with zero attached hydrogens (tertiary/aromatic N) is 4. The summed E-state index contributed by atoms with van der Waals surface area (Å²) in [5, 5.41) is 13.9. The maximum atomic E-state index is 12.0. The zero-order valence-corrected chi connectivity index (χ0v) is 15.1. The van der Waals surface area contributed by atoms with Crippen LogP contribution in [0.2, 0.25) is 5.15 Å². The van der Waals surface area contributed by atoms with Gasteiger partial charge in [-0.15, -0.1) is 0 Å². The highest BCUT2D eigenvalue weighted by molar-refractivity contribution is 7.99. The lowest BCUT2D eigenvalue weighted by Crippen LogP contribution is -2.56. The SMILES string of the molecule is CCNC(=O)N1CCN(c2cc(Cl)nc(SCC(=O)[O-])n2)C[C@@H]1C. The number of nitrogens with one attached hydrogen (secondary N) is 1. The van der Waals surface area contributed by atoms with Crippen molar-refractivity contribution < 1.29 is 14.7 Å². The normalized spacial score (nSPS) is 17.7. The van der Waals surface area contributed by atoms with Crippen LogP contribution in [0.25, 0.3) is 0 Å². The van der Waals surface area contributed by atoms with E-state index in [1.54, 1.807) is 11.0 Å². The lowest BCUT2D eigenvalue weighted by molar-refractivity contribution is -0.301. The molecule has 1 aliphatic rings. The van der Waals surface area contributed by atoms with E-state index in [1.165, 1.54) is 0 Å². The summed E-state index contributed by atoms with van der Waals surface area (Å²) >= 11 is 6.98. The minimum absolute atomic E-state index is 0.0124. The number of aromatic nitrogens is 2. The Bertz CT molecular complexity index is 618. The minimum Gasteiger partial charge on any atom is -0.549 e. The van der Waals surface area contributed by atoms with E-state index in [4.69, 9.17) is 11.6 Å². The van der Waals surface area contributed by atoms with Gasteiger partial charge in [0.15, 0.2) is 5.16 Å². The average Bonchev–Trinajstić information content (AvgIpc) is 2.52. The number of aliphatic carboxylic acids is 1. The molecule has 1 aromatic heterocycles. The third kappa shape index (κ3) is 4.88. The predicted molar refractivity (Wildman–Crippen MR) is 90.2 cm³/mol. The molecule has 0 radical (unpaired) electrons. The van der Waals surface area contributed by atoms with Crippen LogP contribution >= 0.6 is 23.4 Å². The fourth-order valence-electron chi connectivity index (χ4n) is 2.46. The number of urea groups is 1. The molecular formula is C14H19ClN5O3S-. The third-order valence-electron chi connectivity index (χ3n) is 3.52. The highest BCUT2D eigenvalue weighted by Gasteiger charge is 2.28. The van der Waals surface area contributed by atoms with Crippen LogP contribution in [-0.2, 0) is 4.79 Å². The van der Waals surface area contributed by atoms with Crippen LogP contribution in [0.4, 0.5) is 10.6 Å². The van der Waals surface area contributed by atoms with Gasteiger partial charge in [-0.05, 0) is 13.8 Å². The quantitative estimate of drug-likeness (QED) is 0.448. The highest BCUT2D eigenvalue weighted by Crippen LogP contribution is 2.23. The Morgan fingerprint density at radius 1 is 1.46 bits per heavy atom. The van der Waals surface area contributed by atoms with Crippen molar-refractivity contribution in [2.45, 2.75) is 25.0 Å². The molecule has 10 heteroatoms. The van der Waals surface area contributed by atoms with Gasteiger partial charge in [-0.25, -0.2) is 14.8 Å². The number of hydrogen-bond acceptors (Lipinski definition) is 7. The fourth-order valence-corrected chi connectivity index (χ4v) is 3.25. The predicted octanol–water partition coefficient (Wildman–Crippen LogP) is 0.212.